The standard InChI is InChI=1S/C14H10BrFN4O2/c1-7-13(15)8(2)19-6-11(18-14(19)17-7)9-3-4-10(16)12(5-9)20(21)22/h3-6H,1-2H3. The zero-order valence-electron chi connectivity index (χ0n) is 11.7. The third-order valence-electron chi connectivity index (χ3n) is 3.39. The lowest BCUT2D eigenvalue weighted by molar-refractivity contribution is -0.387. The van der Waals surface area contributed by atoms with Gasteiger partial charge in [-0.3, -0.25) is 14.5 Å². The Morgan fingerprint density at radius 1 is 1.32 bits per heavy atom. The molecule has 0 saturated heterocycles. The number of nitro benzene ring substituents is 1. The molecule has 0 N–H and O–H groups in total. The van der Waals surface area contributed by atoms with Crippen LogP contribution in [0.4, 0.5) is 10.1 Å². The van der Waals surface area contributed by atoms with Crippen molar-refractivity contribution in [1.29, 1.82) is 0 Å². The highest BCUT2D eigenvalue weighted by Gasteiger charge is 2.17. The molecule has 2 aromatic heterocycles. The number of hydrogen-bond acceptors (Lipinski definition) is 4. The van der Waals surface area contributed by atoms with E-state index in [1.54, 1.807) is 10.6 Å². The molecule has 0 aliphatic heterocycles. The van der Waals surface area contributed by atoms with E-state index in [2.05, 4.69) is 25.9 Å². The number of halogens is 2. The van der Waals surface area contributed by atoms with Crippen molar-refractivity contribution in [3.63, 3.8) is 0 Å². The van der Waals surface area contributed by atoms with Crippen molar-refractivity contribution in [2.24, 2.45) is 0 Å². The van der Waals surface area contributed by atoms with Crippen LogP contribution in [-0.2, 0) is 0 Å². The first-order valence-electron chi connectivity index (χ1n) is 6.34. The van der Waals surface area contributed by atoms with Crippen LogP contribution in [0.1, 0.15) is 11.4 Å². The lowest BCUT2D eigenvalue weighted by Gasteiger charge is -2.04. The Kier molecular flexibility index (Phi) is 3.40. The van der Waals surface area contributed by atoms with Gasteiger partial charge in [-0.15, -0.1) is 0 Å². The average molecular weight is 365 g/mol. The number of nitro groups is 1. The van der Waals surface area contributed by atoms with Crippen molar-refractivity contribution >= 4 is 27.4 Å². The third kappa shape index (κ3) is 2.25. The maximum atomic E-state index is 13.4. The van der Waals surface area contributed by atoms with Gasteiger partial charge in [0.05, 0.1) is 20.8 Å². The van der Waals surface area contributed by atoms with Crippen LogP contribution < -0.4 is 0 Å². The molecule has 3 rings (SSSR count). The maximum absolute atomic E-state index is 13.4. The summed E-state index contributed by atoms with van der Waals surface area (Å²) in [6.07, 6.45) is 1.72. The van der Waals surface area contributed by atoms with Crippen molar-refractivity contribution in [3.05, 3.63) is 56.2 Å². The number of aryl methyl sites for hydroxylation is 2. The van der Waals surface area contributed by atoms with Crippen molar-refractivity contribution in [2.45, 2.75) is 13.8 Å². The summed E-state index contributed by atoms with van der Waals surface area (Å²) in [4.78, 5) is 18.8. The minimum absolute atomic E-state index is 0.465. The molecule has 22 heavy (non-hydrogen) atoms. The molecule has 1 aromatic carbocycles. The highest BCUT2D eigenvalue weighted by molar-refractivity contribution is 9.10. The van der Waals surface area contributed by atoms with Gasteiger partial charge in [-0.1, -0.05) is 0 Å². The highest BCUT2D eigenvalue weighted by Crippen LogP contribution is 2.27. The Hall–Kier alpha value is -2.35. The molecule has 8 heteroatoms. The number of aromatic nitrogens is 3. The van der Waals surface area contributed by atoms with Crippen LogP contribution in [0.3, 0.4) is 0 Å². The summed E-state index contributed by atoms with van der Waals surface area (Å²) in [6, 6.07) is 3.70. The van der Waals surface area contributed by atoms with Crippen molar-refractivity contribution in [2.75, 3.05) is 0 Å². The molecule has 0 spiro atoms. The van der Waals surface area contributed by atoms with Crippen LogP contribution in [0.2, 0.25) is 0 Å². The van der Waals surface area contributed by atoms with Gasteiger partial charge in [0.2, 0.25) is 11.6 Å². The van der Waals surface area contributed by atoms with Crippen molar-refractivity contribution in [1.82, 2.24) is 14.4 Å². The Balaban J connectivity index is 2.21. The van der Waals surface area contributed by atoms with Crippen LogP contribution in [0.5, 0.6) is 0 Å². The van der Waals surface area contributed by atoms with Gasteiger partial charge in [0.1, 0.15) is 0 Å². The van der Waals surface area contributed by atoms with E-state index in [4.69, 9.17) is 0 Å². The van der Waals surface area contributed by atoms with E-state index < -0.39 is 16.4 Å². The van der Waals surface area contributed by atoms with E-state index in [0.717, 1.165) is 21.9 Å². The Labute approximate surface area is 132 Å². The van der Waals surface area contributed by atoms with Gasteiger partial charge in [-0.05, 0) is 41.9 Å². The molecule has 6 nitrogen and oxygen atoms in total. The van der Waals surface area contributed by atoms with Crippen LogP contribution >= 0.6 is 15.9 Å². The predicted octanol–water partition coefficient (Wildman–Crippen LogP) is 3.82. The van der Waals surface area contributed by atoms with E-state index in [1.807, 2.05) is 13.8 Å². The summed E-state index contributed by atoms with van der Waals surface area (Å²) >= 11 is 3.46. The summed E-state index contributed by atoms with van der Waals surface area (Å²) in [5, 5.41) is 10.8. The largest absolute Gasteiger partial charge is 0.305 e. The predicted molar refractivity (Wildman–Crippen MR) is 82.2 cm³/mol. The van der Waals surface area contributed by atoms with E-state index in [0.29, 0.717) is 17.0 Å². The van der Waals surface area contributed by atoms with Gasteiger partial charge in [-0.2, -0.15) is 4.39 Å². The van der Waals surface area contributed by atoms with Gasteiger partial charge in [0.15, 0.2) is 0 Å². The van der Waals surface area contributed by atoms with Crippen molar-refractivity contribution in [3.8, 4) is 11.3 Å². The van der Waals surface area contributed by atoms with Crippen LogP contribution in [0.25, 0.3) is 17.0 Å². The van der Waals surface area contributed by atoms with Gasteiger partial charge in [-0.25, -0.2) is 9.97 Å². The number of hydrogen-bond donors (Lipinski definition) is 0. The van der Waals surface area contributed by atoms with E-state index in [-0.39, 0.29) is 0 Å². The molecule has 0 bridgehead atoms. The van der Waals surface area contributed by atoms with E-state index in [9.17, 15) is 14.5 Å². The third-order valence-corrected chi connectivity index (χ3v) is 4.54. The molecule has 0 radical (unpaired) electrons. The molecule has 0 aliphatic rings. The molecule has 0 amide bonds. The quantitative estimate of drug-likeness (QED) is 0.511. The lowest BCUT2D eigenvalue weighted by atomic mass is 10.1. The van der Waals surface area contributed by atoms with Crippen LogP contribution in [-0.4, -0.2) is 19.3 Å². The zero-order valence-corrected chi connectivity index (χ0v) is 13.3. The van der Waals surface area contributed by atoms with E-state index in [1.165, 1.54) is 12.1 Å². The topological polar surface area (TPSA) is 73.3 Å². The second kappa shape index (κ2) is 5.13. The minimum Gasteiger partial charge on any atom is -0.287 e. The molecule has 0 saturated carbocycles. The number of imidazole rings is 1. The smallest absolute Gasteiger partial charge is 0.287 e. The first kappa shape index (κ1) is 14.6. The van der Waals surface area contributed by atoms with Gasteiger partial charge >= 0.3 is 5.69 Å². The van der Waals surface area contributed by atoms with Crippen LogP contribution in [0, 0.1) is 29.8 Å². The molecule has 0 aliphatic carbocycles. The number of fused-ring (bicyclic) bond motifs is 1. The van der Waals surface area contributed by atoms with E-state index >= 15 is 0 Å². The van der Waals surface area contributed by atoms with Gasteiger partial charge < -0.3 is 0 Å². The number of nitrogens with zero attached hydrogens (tertiary/aromatic N) is 4. The van der Waals surface area contributed by atoms with Gasteiger partial charge in [0.25, 0.3) is 0 Å². The normalized spacial score (nSPS) is 11.1. The lowest BCUT2D eigenvalue weighted by Crippen LogP contribution is -1.97. The number of benzene rings is 1. The average Bonchev–Trinajstić information content (AvgIpc) is 2.89. The minimum atomic E-state index is -0.870. The number of rotatable bonds is 2. The second-order valence-corrected chi connectivity index (χ2v) is 5.61. The molecule has 112 valence electrons. The Bertz CT molecular complexity index is 923. The molecule has 0 unspecified atom stereocenters. The fourth-order valence-corrected chi connectivity index (χ4v) is 2.49. The monoisotopic (exact) mass is 364 g/mol. The fraction of sp³-hybridized carbons (Fsp3) is 0.143. The zero-order chi connectivity index (χ0) is 16.0. The highest BCUT2D eigenvalue weighted by atomic mass is 79.9. The summed E-state index contributed by atoms with van der Waals surface area (Å²) in [7, 11) is 0. The fourth-order valence-electron chi connectivity index (χ4n) is 2.21. The van der Waals surface area contributed by atoms with Crippen LogP contribution in [0.15, 0.2) is 28.9 Å². The summed E-state index contributed by atoms with van der Waals surface area (Å²) in [5.41, 5.74) is 2.10. The SMILES string of the molecule is Cc1nc2nc(-c3ccc(F)c([N+](=O)[O-])c3)cn2c(C)c1Br. The molecule has 0 fully saturated rings. The molecule has 0 atom stereocenters. The Morgan fingerprint density at radius 2 is 2.05 bits per heavy atom. The molecular formula is C14H10BrFN4O2. The maximum Gasteiger partial charge on any atom is 0.305 e. The van der Waals surface area contributed by atoms with Crippen molar-refractivity contribution < 1.29 is 9.31 Å². The molecule has 3 aromatic rings. The summed E-state index contributed by atoms with van der Waals surface area (Å²) in [6.45, 7) is 3.76. The summed E-state index contributed by atoms with van der Waals surface area (Å²) < 4.78 is 16.1. The molecule has 2 heterocycles. The second-order valence-electron chi connectivity index (χ2n) is 4.82. The van der Waals surface area contributed by atoms with Gasteiger partial charge in [0, 0.05) is 23.5 Å². The first-order valence-corrected chi connectivity index (χ1v) is 7.14. The Morgan fingerprint density at radius 3 is 2.73 bits per heavy atom. The first-order chi connectivity index (χ1) is 10.4. The molecular weight excluding hydrogens is 355 g/mol. The summed E-state index contributed by atoms with van der Waals surface area (Å²) in [5.74, 6) is -0.384.